The topological polar surface area (TPSA) is 243 Å². The molecule has 4 rings (SSSR count). The Balaban J connectivity index is 1.77. The van der Waals surface area contributed by atoms with Crippen LogP contribution in [0.2, 0.25) is 0 Å². The van der Waals surface area contributed by atoms with Gasteiger partial charge in [-0.05, 0) is 105 Å². The number of nitrogens with one attached hydrogen (secondary N) is 5. The van der Waals surface area contributed by atoms with Crippen LogP contribution in [0.5, 0.6) is 11.5 Å². The molecule has 346 valence electrons. The van der Waals surface area contributed by atoms with E-state index in [0.29, 0.717) is 45.9 Å². The monoisotopic (exact) mass is 899 g/mol. The van der Waals surface area contributed by atoms with E-state index >= 15 is 0 Å². The van der Waals surface area contributed by atoms with Gasteiger partial charge in [-0.2, -0.15) is 5.26 Å². The molecule has 17 heteroatoms. The lowest BCUT2D eigenvalue weighted by molar-refractivity contribution is -0.141. The van der Waals surface area contributed by atoms with Crippen molar-refractivity contribution < 1.29 is 33.4 Å². The molecule has 1 aliphatic heterocycles. The average Bonchev–Trinajstić information content (AvgIpc) is 3.28. The van der Waals surface area contributed by atoms with Crippen LogP contribution in [0, 0.1) is 18.3 Å². The second-order valence-corrected chi connectivity index (χ2v) is 16.9. The maximum Gasteiger partial charge on any atom is 0.252 e. The number of aryl methyl sites for hydroxylation is 1. The number of fused-ring (bicyclic) bond motifs is 5. The van der Waals surface area contributed by atoms with E-state index in [9.17, 15) is 29.2 Å². The van der Waals surface area contributed by atoms with Gasteiger partial charge in [-0.1, -0.05) is 44.7 Å². The molecule has 4 atom stereocenters. The Hall–Kier alpha value is -5.67. The van der Waals surface area contributed by atoms with E-state index in [4.69, 9.17) is 20.9 Å². The molecule has 16 nitrogen and oxygen atoms in total. The van der Waals surface area contributed by atoms with Crippen LogP contribution in [-0.2, 0) is 25.6 Å². The van der Waals surface area contributed by atoms with E-state index in [1.54, 1.807) is 61.3 Å². The quantitative estimate of drug-likeness (QED) is 0.0436. The van der Waals surface area contributed by atoms with Crippen LogP contribution in [0.1, 0.15) is 85.5 Å². The molecule has 4 bridgehead atoms. The van der Waals surface area contributed by atoms with Crippen molar-refractivity contribution in [3.63, 3.8) is 0 Å². The van der Waals surface area contributed by atoms with E-state index in [1.807, 2.05) is 25.1 Å². The first-order valence-corrected chi connectivity index (χ1v) is 23.0. The Morgan fingerprint density at radius 3 is 2.34 bits per heavy atom. The number of amides is 5. The van der Waals surface area contributed by atoms with Crippen molar-refractivity contribution >= 4 is 41.3 Å². The van der Waals surface area contributed by atoms with Crippen LogP contribution in [0.25, 0.3) is 11.1 Å². The van der Waals surface area contributed by atoms with Crippen molar-refractivity contribution in [3.05, 3.63) is 76.9 Å². The van der Waals surface area contributed by atoms with Gasteiger partial charge >= 0.3 is 0 Å². The van der Waals surface area contributed by atoms with Gasteiger partial charge < -0.3 is 52.4 Å². The fraction of sp³-hybridized carbons (Fsp3) is 0.489. The largest absolute Gasteiger partial charge is 0.492 e. The van der Waals surface area contributed by atoms with Crippen LogP contribution >= 0.6 is 11.8 Å². The Morgan fingerprint density at radius 2 is 1.66 bits per heavy atom. The maximum atomic E-state index is 14.6. The smallest absolute Gasteiger partial charge is 0.252 e. The molecule has 0 aliphatic carbocycles. The predicted octanol–water partition coefficient (Wildman–Crippen LogP) is 3.49. The first-order chi connectivity index (χ1) is 30.9. The van der Waals surface area contributed by atoms with Gasteiger partial charge in [-0.15, -0.1) is 11.8 Å². The van der Waals surface area contributed by atoms with Crippen LogP contribution in [-0.4, -0.2) is 112 Å². The van der Waals surface area contributed by atoms with Crippen LogP contribution < -0.4 is 47.5 Å². The summed E-state index contributed by atoms with van der Waals surface area (Å²) in [7, 11) is 3.26. The summed E-state index contributed by atoms with van der Waals surface area (Å²) < 4.78 is 12.4. The lowest BCUT2D eigenvalue weighted by atomic mass is 9.93. The summed E-state index contributed by atoms with van der Waals surface area (Å²) >= 11 is 1.75. The summed E-state index contributed by atoms with van der Waals surface area (Å²) in [6.45, 7) is 6.49. The molecule has 0 saturated heterocycles. The molecule has 0 fully saturated rings. The number of ether oxygens (including phenoxy) is 2. The van der Waals surface area contributed by atoms with E-state index in [-0.39, 0.29) is 45.7 Å². The number of hydrogen-bond acceptors (Lipinski definition) is 12. The molecular formula is C47H65N9O7S. The molecule has 3 aromatic rings. The highest BCUT2D eigenvalue weighted by molar-refractivity contribution is 7.99. The zero-order chi connectivity index (χ0) is 46.6. The summed E-state index contributed by atoms with van der Waals surface area (Å²) in [5.74, 6) is -1.18. The number of hydrogen-bond donors (Lipinski definition) is 7. The van der Waals surface area contributed by atoms with Crippen LogP contribution in [0.15, 0.2) is 59.5 Å². The lowest BCUT2D eigenvalue weighted by Gasteiger charge is -2.32. The number of nitrogens with two attached hydrogens (primary N) is 2. The number of nitrogens with zero attached hydrogens (tertiary/aromatic N) is 2. The number of unbranched alkanes of at least 4 members (excludes halogenated alkanes) is 4. The zero-order valence-electron chi connectivity index (χ0n) is 37.7. The minimum Gasteiger partial charge on any atom is -0.492 e. The first kappa shape index (κ1) is 51.0. The van der Waals surface area contributed by atoms with Gasteiger partial charge in [0.1, 0.15) is 55.4 Å². The Kier molecular flexibility index (Phi) is 20.9. The third-order valence-electron chi connectivity index (χ3n) is 10.8. The van der Waals surface area contributed by atoms with E-state index < -0.39 is 53.7 Å². The van der Waals surface area contributed by atoms with Crippen molar-refractivity contribution in [1.29, 1.82) is 5.26 Å². The number of benzene rings is 3. The molecule has 2 unspecified atom stereocenters. The van der Waals surface area contributed by atoms with E-state index in [0.717, 1.165) is 22.6 Å². The Bertz CT molecular complexity index is 2110. The average molecular weight is 900 g/mol. The molecule has 64 heavy (non-hydrogen) atoms. The number of rotatable bonds is 22. The standard InChI is InChI=1S/C47H65N9O7S/c1-6-7-8-9-10-25-64-34-13-14-35(30(2)26-34)44(58)54-38(17-18-48)47(61)56(5)42-33-12-16-41(63-24-22-51-4)37(29-33)36-27-32(11-15-40(36)62-23-20-50)28-39(45(59)52-21-19-49)55-43(57)31(3)53-46(42)60/h11-16,26-27,29,31,38-39,42,51H,6-10,17-18,20-25,28,48,50H2,1-5H3,(H,52,59)(H,53,60)(H,54,58)(H,55,57)/t31-,38-,39?,42?/m0/s1. The van der Waals surface area contributed by atoms with Crippen molar-refractivity contribution in [1.82, 2.24) is 31.5 Å². The predicted molar refractivity (Wildman–Crippen MR) is 249 cm³/mol. The Morgan fingerprint density at radius 1 is 0.938 bits per heavy atom. The first-order valence-electron chi connectivity index (χ1n) is 22.0. The summed E-state index contributed by atoms with van der Waals surface area (Å²) in [4.78, 5) is 72.4. The molecule has 5 amide bonds. The van der Waals surface area contributed by atoms with Crippen molar-refractivity contribution in [2.75, 3.05) is 59.2 Å². The maximum absolute atomic E-state index is 14.6. The normalized spacial score (nSPS) is 16.6. The van der Waals surface area contributed by atoms with Crippen molar-refractivity contribution in [2.24, 2.45) is 11.5 Å². The minimum atomic E-state index is -1.35. The molecule has 0 aromatic heterocycles. The van der Waals surface area contributed by atoms with E-state index in [2.05, 4.69) is 33.5 Å². The van der Waals surface area contributed by atoms with Crippen LogP contribution in [0.3, 0.4) is 0 Å². The Labute approximate surface area is 381 Å². The van der Waals surface area contributed by atoms with Gasteiger partial charge in [0, 0.05) is 48.1 Å². The highest BCUT2D eigenvalue weighted by Gasteiger charge is 2.36. The zero-order valence-corrected chi connectivity index (χ0v) is 38.5. The second kappa shape index (κ2) is 26.2. The molecule has 0 saturated carbocycles. The molecule has 3 aromatic carbocycles. The summed E-state index contributed by atoms with van der Waals surface area (Å²) in [6, 6.07) is 13.1. The van der Waals surface area contributed by atoms with Crippen molar-refractivity contribution in [3.8, 4) is 28.7 Å². The number of carbonyl (C=O) groups is 5. The number of nitriles is 1. The minimum absolute atomic E-state index is 0.0272. The molecule has 1 heterocycles. The molecular weight excluding hydrogens is 835 g/mol. The van der Waals surface area contributed by atoms with E-state index in [1.165, 1.54) is 44.6 Å². The van der Waals surface area contributed by atoms with Gasteiger partial charge in [0.15, 0.2) is 0 Å². The highest BCUT2D eigenvalue weighted by Crippen LogP contribution is 2.40. The van der Waals surface area contributed by atoms with Crippen LogP contribution in [0.4, 0.5) is 0 Å². The molecule has 9 N–H and O–H groups in total. The third-order valence-corrected chi connectivity index (χ3v) is 11.9. The molecule has 1 aliphatic rings. The van der Waals surface area contributed by atoms with Gasteiger partial charge in [0.25, 0.3) is 5.91 Å². The number of carbonyl (C=O) groups excluding carboxylic acids is 5. The molecule has 0 radical (unpaired) electrons. The van der Waals surface area contributed by atoms with Gasteiger partial charge in [0.2, 0.25) is 23.6 Å². The summed E-state index contributed by atoms with van der Waals surface area (Å²) in [5, 5.41) is 23.1. The summed E-state index contributed by atoms with van der Waals surface area (Å²) in [5.41, 5.74) is 15.1. The third kappa shape index (κ3) is 14.4. The van der Waals surface area contributed by atoms with Gasteiger partial charge in [-0.25, -0.2) is 0 Å². The molecule has 0 spiro atoms. The second-order valence-electron chi connectivity index (χ2n) is 15.7. The van der Waals surface area contributed by atoms with Gasteiger partial charge in [0.05, 0.1) is 6.07 Å². The number of thioether (sulfide) groups is 1. The lowest BCUT2D eigenvalue weighted by Crippen LogP contribution is -2.56. The van der Waals surface area contributed by atoms with Crippen molar-refractivity contribution in [2.45, 2.75) is 94.8 Å². The highest BCUT2D eigenvalue weighted by atomic mass is 32.2. The summed E-state index contributed by atoms with van der Waals surface area (Å²) in [6.07, 6.45) is 6.05. The van der Waals surface area contributed by atoms with Gasteiger partial charge in [-0.3, -0.25) is 24.0 Å². The fourth-order valence-corrected chi connectivity index (χ4v) is 8.34. The SMILES string of the molecule is CCCCCCCSc1ccc(C(=O)N[C@@H](CCN)C(=O)N(C)C2C(=O)N[C@@H](C)C(=O)NC(C(=O)NCC#N)Cc3ccc(OCCN)c(c3)-c3cc2ccc3OCCNC)c(C)c1. The number of likely N-dealkylation sites (N-methyl/N-ethyl adjacent to an activating group) is 2. The fourth-order valence-electron chi connectivity index (χ4n) is 7.34.